The molecular weight excluding hydrogens is 718 g/mol. The van der Waals surface area contributed by atoms with Crippen molar-refractivity contribution >= 4 is 63.9 Å². The zero-order valence-corrected chi connectivity index (χ0v) is 32.6. The number of amides is 7. The van der Waals surface area contributed by atoms with Gasteiger partial charge in [-0.25, -0.2) is 0 Å². The molecule has 7 unspecified atom stereocenters. The van der Waals surface area contributed by atoms with E-state index < -0.39 is 95.9 Å². The lowest BCUT2D eigenvalue weighted by atomic mass is 9.95. The van der Waals surface area contributed by atoms with Crippen LogP contribution in [0.4, 0.5) is 0 Å². The highest BCUT2D eigenvalue weighted by Crippen LogP contribution is 2.24. The minimum Gasteiger partial charge on any atom is -0.370 e. The number of aromatic amines is 1. The second-order valence-electron chi connectivity index (χ2n) is 14.8. The van der Waals surface area contributed by atoms with E-state index in [1.165, 1.54) is 0 Å². The number of carbonyl (C=O) groups excluding carboxylic acids is 7. The quantitative estimate of drug-likeness (QED) is 0.148. The SMILES string of the molecule is CCC(C)C1NC(=O)C(CC(C)C)NC(=O)C(C(C)C)NC(=O)C(Cc2c[nH]c3ccc(Cl)cc23)NC(=O)C(CC(N)=O)NC(=O)C(CCCN)NC1=O. The van der Waals surface area contributed by atoms with Crippen molar-refractivity contribution in [3.8, 4) is 0 Å². The van der Waals surface area contributed by atoms with E-state index in [1.54, 1.807) is 45.2 Å². The number of primary amides is 1. The number of rotatable bonds is 12. The van der Waals surface area contributed by atoms with E-state index in [0.29, 0.717) is 28.8 Å². The van der Waals surface area contributed by atoms with Crippen LogP contribution in [-0.4, -0.2) is 89.1 Å². The van der Waals surface area contributed by atoms with E-state index in [0.717, 1.165) is 5.52 Å². The Morgan fingerprint density at radius 1 is 0.759 bits per heavy atom. The van der Waals surface area contributed by atoms with Crippen LogP contribution in [0.25, 0.3) is 10.9 Å². The molecule has 16 nitrogen and oxygen atoms in total. The largest absolute Gasteiger partial charge is 0.370 e. The van der Waals surface area contributed by atoms with E-state index in [2.05, 4.69) is 36.9 Å². The third-order valence-corrected chi connectivity index (χ3v) is 9.77. The van der Waals surface area contributed by atoms with Crippen molar-refractivity contribution in [2.24, 2.45) is 29.2 Å². The van der Waals surface area contributed by atoms with E-state index in [-0.39, 0.29) is 31.7 Å². The Balaban J connectivity index is 2.15. The molecule has 2 heterocycles. The molecule has 0 bridgehead atoms. The molecule has 54 heavy (non-hydrogen) atoms. The normalized spacial score (nSPS) is 24.5. The highest BCUT2D eigenvalue weighted by atomic mass is 35.5. The van der Waals surface area contributed by atoms with E-state index in [1.807, 2.05) is 20.8 Å². The molecular formula is C37H56ClN9O7. The summed E-state index contributed by atoms with van der Waals surface area (Å²) in [5, 5.41) is 17.3. The number of fused-ring (bicyclic) bond motifs is 1. The predicted octanol–water partition coefficient (Wildman–Crippen LogP) is 0.649. The molecule has 11 N–H and O–H groups in total. The molecule has 17 heteroatoms. The molecule has 0 spiro atoms. The van der Waals surface area contributed by atoms with Gasteiger partial charge in [0.25, 0.3) is 0 Å². The summed E-state index contributed by atoms with van der Waals surface area (Å²) >= 11 is 6.27. The van der Waals surface area contributed by atoms with Crippen molar-refractivity contribution in [1.29, 1.82) is 0 Å². The van der Waals surface area contributed by atoms with E-state index in [4.69, 9.17) is 23.1 Å². The molecule has 7 amide bonds. The molecule has 0 saturated carbocycles. The summed E-state index contributed by atoms with van der Waals surface area (Å²) in [7, 11) is 0. The van der Waals surface area contributed by atoms with Gasteiger partial charge in [0, 0.05) is 28.5 Å². The number of carbonyl (C=O) groups is 7. The number of hydrogen-bond donors (Lipinski definition) is 9. The number of aromatic nitrogens is 1. The third-order valence-electron chi connectivity index (χ3n) is 9.53. The van der Waals surface area contributed by atoms with Gasteiger partial charge in [0.15, 0.2) is 0 Å². The number of nitrogens with two attached hydrogens (primary N) is 2. The molecule has 0 radical (unpaired) electrons. The van der Waals surface area contributed by atoms with Crippen LogP contribution in [0, 0.1) is 17.8 Å². The maximum atomic E-state index is 14.2. The third kappa shape index (κ3) is 12.2. The van der Waals surface area contributed by atoms with Gasteiger partial charge < -0.3 is 48.4 Å². The average molecular weight is 774 g/mol. The van der Waals surface area contributed by atoms with Crippen LogP contribution in [-0.2, 0) is 40.0 Å². The first-order valence-electron chi connectivity index (χ1n) is 18.5. The molecule has 1 aliphatic heterocycles. The van der Waals surface area contributed by atoms with Crippen molar-refractivity contribution in [3.05, 3.63) is 35.0 Å². The number of halogens is 1. The lowest BCUT2D eigenvalue weighted by Gasteiger charge is -2.31. The average Bonchev–Trinajstić information content (AvgIpc) is 3.49. The minimum absolute atomic E-state index is 0.0520. The highest BCUT2D eigenvalue weighted by Gasteiger charge is 2.37. The van der Waals surface area contributed by atoms with Gasteiger partial charge in [0.05, 0.1) is 6.42 Å². The first-order chi connectivity index (χ1) is 25.4. The summed E-state index contributed by atoms with van der Waals surface area (Å²) in [6.07, 6.45) is 2.01. The summed E-state index contributed by atoms with van der Waals surface area (Å²) in [6.45, 7) is 11.0. The first kappa shape index (κ1) is 43.7. The van der Waals surface area contributed by atoms with Crippen LogP contribution in [0.15, 0.2) is 24.4 Å². The number of H-pyrrole nitrogens is 1. The smallest absolute Gasteiger partial charge is 0.243 e. The standard InChI is InChI=1S/C37H56ClN9O7/c1-7-20(6)31-37(54)42-25(9-8-12-39)32(49)44-28(16-29(40)48)33(50)43-27(14-21-17-41-24-11-10-22(38)15-23(21)24)35(52)46-30(19(4)5)36(53)45-26(13-18(2)3)34(51)47-31/h10-11,15,17-20,25-28,30-31,41H,7-9,12-14,16,39H2,1-6H3,(H2,40,48)(H,42,54)(H,43,50)(H,44,49)(H,45,53)(H,46,52)(H,47,51). The summed E-state index contributed by atoms with van der Waals surface area (Å²) in [4.78, 5) is 98.8. The zero-order chi connectivity index (χ0) is 40.3. The molecule has 298 valence electrons. The Morgan fingerprint density at radius 2 is 1.31 bits per heavy atom. The van der Waals surface area contributed by atoms with Crippen molar-refractivity contribution in [2.75, 3.05) is 6.54 Å². The maximum Gasteiger partial charge on any atom is 0.243 e. The first-order valence-corrected chi connectivity index (χ1v) is 18.9. The zero-order valence-electron chi connectivity index (χ0n) is 31.8. The number of benzene rings is 1. The van der Waals surface area contributed by atoms with Gasteiger partial charge in [-0.3, -0.25) is 33.6 Å². The number of hydrogen-bond acceptors (Lipinski definition) is 8. The van der Waals surface area contributed by atoms with Crippen molar-refractivity contribution < 1.29 is 33.6 Å². The van der Waals surface area contributed by atoms with Crippen molar-refractivity contribution in [1.82, 2.24) is 36.9 Å². The summed E-state index contributed by atoms with van der Waals surface area (Å²) in [5.74, 6) is -6.20. The topological polar surface area (TPSA) is 260 Å². The Kier molecular flexibility index (Phi) is 16.3. The van der Waals surface area contributed by atoms with Gasteiger partial charge in [0.1, 0.15) is 36.3 Å². The Hall–Kier alpha value is -4.70. The van der Waals surface area contributed by atoms with Gasteiger partial charge in [-0.15, -0.1) is 0 Å². The predicted molar refractivity (Wildman–Crippen MR) is 204 cm³/mol. The van der Waals surface area contributed by atoms with Gasteiger partial charge >= 0.3 is 0 Å². The molecule has 1 aliphatic rings. The second-order valence-corrected chi connectivity index (χ2v) is 15.2. The molecule has 1 aromatic heterocycles. The molecule has 1 aromatic carbocycles. The molecule has 7 atom stereocenters. The summed E-state index contributed by atoms with van der Waals surface area (Å²) in [6, 6.07) is -2.30. The summed E-state index contributed by atoms with van der Waals surface area (Å²) in [5.41, 5.74) is 12.6. The van der Waals surface area contributed by atoms with E-state index >= 15 is 0 Å². The van der Waals surface area contributed by atoms with Gasteiger partial charge in [-0.05, 0) is 67.3 Å². The van der Waals surface area contributed by atoms with Crippen LogP contribution < -0.4 is 43.4 Å². The highest BCUT2D eigenvalue weighted by molar-refractivity contribution is 6.31. The maximum absolute atomic E-state index is 14.2. The molecule has 3 rings (SSSR count). The van der Waals surface area contributed by atoms with Gasteiger partial charge in [0.2, 0.25) is 41.4 Å². The van der Waals surface area contributed by atoms with Crippen LogP contribution in [0.1, 0.15) is 79.2 Å². The van der Waals surface area contributed by atoms with Crippen molar-refractivity contribution in [3.63, 3.8) is 0 Å². The summed E-state index contributed by atoms with van der Waals surface area (Å²) < 4.78 is 0. The molecule has 1 fully saturated rings. The van der Waals surface area contributed by atoms with Crippen LogP contribution >= 0.6 is 11.6 Å². The van der Waals surface area contributed by atoms with Crippen LogP contribution in [0.5, 0.6) is 0 Å². The van der Waals surface area contributed by atoms with Gasteiger partial charge in [-0.2, -0.15) is 0 Å². The fourth-order valence-electron chi connectivity index (χ4n) is 6.27. The lowest BCUT2D eigenvalue weighted by molar-refractivity contribution is -0.138. The van der Waals surface area contributed by atoms with Crippen LogP contribution in [0.3, 0.4) is 0 Å². The lowest BCUT2D eigenvalue weighted by Crippen LogP contribution is -2.63. The minimum atomic E-state index is -1.55. The fourth-order valence-corrected chi connectivity index (χ4v) is 6.44. The Labute approximate surface area is 320 Å². The molecule has 1 saturated heterocycles. The Morgan fingerprint density at radius 3 is 1.93 bits per heavy atom. The molecule has 2 aromatic rings. The Bertz CT molecular complexity index is 1680. The van der Waals surface area contributed by atoms with E-state index in [9.17, 15) is 33.6 Å². The second kappa shape index (κ2) is 20.1. The monoisotopic (exact) mass is 773 g/mol. The van der Waals surface area contributed by atoms with Crippen LogP contribution in [0.2, 0.25) is 5.02 Å². The van der Waals surface area contributed by atoms with Gasteiger partial charge in [-0.1, -0.05) is 59.6 Å². The fraction of sp³-hybridized carbons (Fsp3) is 0.595. The molecule has 0 aliphatic carbocycles. The van der Waals surface area contributed by atoms with Crippen molar-refractivity contribution in [2.45, 2.75) is 116 Å². The number of nitrogens with one attached hydrogen (secondary N) is 7.